The Morgan fingerprint density at radius 3 is 2.67 bits per heavy atom. The van der Waals surface area contributed by atoms with E-state index in [9.17, 15) is 14.3 Å². The molecular weight excluding hydrogens is 312 g/mol. The number of hydrogen-bond acceptors (Lipinski definition) is 4. The van der Waals surface area contributed by atoms with Gasteiger partial charge in [0.2, 0.25) is 0 Å². The van der Waals surface area contributed by atoms with Crippen LogP contribution in [-0.4, -0.2) is 9.13 Å². The second kappa shape index (κ2) is 6.24. The highest BCUT2D eigenvalue weighted by Crippen LogP contribution is 2.27. The lowest BCUT2D eigenvalue weighted by Gasteiger charge is -2.08. The van der Waals surface area contributed by atoms with Crippen molar-refractivity contribution >= 4 is 33.8 Å². The summed E-state index contributed by atoms with van der Waals surface area (Å²) in [4.78, 5) is 11.1. The molecule has 1 atom stereocenters. The van der Waals surface area contributed by atoms with Crippen LogP contribution < -0.4 is 5.73 Å². The second-order valence-electron chi connectivity index (χ2n) is 4.54. The Morgan fingerprint density at radius 2 is 2.00 bits per heavy atom. The Morgan fingerprint density at radius 1 is 1.29 bits per heavy atom. The summed E-state index contributed by atoms with van der Waals surface area (Å²) >= 11 is 5.76. The molecule has 5 nitrogen and oxygen atoms in total. The van der Waals surface area contributed by atoms with Crippen LogP contribution in [0.15, 0.2) is 41.3 Å². The van der Waals surface area contributed by atoms with Crippen LogP contribution in [0.2, 0.25) is 5.02 Å². The zero-order chi connectivity index (χ0) is 15.6. The highest BCUT2D eigenvalue weighted by Gasteiger charge is 2.18. The summed E-state index contributed by atoms with van der Waals surface area (Å²) in [5.74, 6) is 0.0395. The smallest absolute Gasteiger partial charge is 0.275 e. The van der Waals surface area contributed by atoms with Gasteiger partial charge in [-0.1, -0.05) is 17.7 Å². The van der Waals surface area contributed by atoms with Crippen molar-refractivity contribution in [2.75, 3.05) is 5.73 Å². The molecule has 2 N–H and O–H groups in total. The van der Waals surface area contributed by atoms with E-state index in [0.717, 1.165) is 5.56 Å². The van der Waals surface area contributed by atoms with E-state index in [1.807, 2.05) is 6.92 Å². The van der Waals surface area contributed by atoms with E-state index in [1.165, 1.54) is 12.1 Å². The third kappa shape index (κ3) is 3.59. The largest absolute Gasteiger partial charge is 0.399 e. The SMILES string of the molecule is Cc1ccc(N)cc1S(=O)Cc1ccc(Cl)cc1[N+](=O)[O-]. The van der Waals surface area contributed by atoms with E-state index in [1.54, 1.807) is 24.3 Å². The fourth-order valence-electron chi connectivity index (χ4n) is 1.91. The number of benzene rings is 2. The lowest BCUT2D eigenvalue weighted by molar-refractivity contribution is -0.385. The topological polar surface area (TPSA) is 86.2 Å². The van der Waals surface area contributed by atoms with E-state index in [-0.39, 0.29) is 16.5 Å². The van der Waals surface area contributed by atoms with Gasteiger partial charge in [0.15, 0.2) is 0 Å². The van der Waals surface area contributed by atoms with Gasteiger partial charge in [-0.3, -0.25) is 14.3 Å². The molecule has 0 saturated carbocycles. The van der Waals surface area contributed by atoms with Gasteiger partial charge in [0.25, 0.3) is 5.69 Å². The maximum absolute atomic E-state index is 12.4. The standard InChI is InChI=1S/C14H13ClN2O3S/c1-9-2-5-12(16)7-14(9)21(20)8-10-3-4-11(15)6-13(10)17(18)19/h2-7H,8,16H2,1H3. The number of anilines is 1. The van der Waals surface area contributed by atoms with E-state index in [2.05, 4.69) is 0 Å². The van der Waals surface area contributed by atoms with Crippen LogP contribution in [-0.2, 0) is 16.6 Å². The molecule has 0 fully saturated rings. The van der Waals surface area contributed by atoms with E-state index >= 15 is 0 Å². The first-order valence-corrected chi connectivity index (χ1v) is 7.75. The molecule has 21 heavy (non-hydrogen) atoms. The summed E-state index contributed by atoms with van der Waals surface area (Å²) in [6.45, 7) is 1.82. The van der Waals surface area contributed by atoms with E-state index in [0.29, 0.717) is 16.1 Å². The maximum atomic E-state index is 12.4. The van der Waals surface area contributed by atoms with Crippen LogP contribution >= 0.6 is 11.6 Å². The summed E-state index contributed by atoms with van der Waals surface area (Å²) in [5.41, 5.74) is 7.29. The molecule has 1 unspecified atom stereocenters. The lowest BCUT2D eigenvalue weighted by atomic mass is 10.2. The molecular formula is C14H13ClN2O3S. The number of hydrogen-bond donors (Lipinski definition) is 1. The van der Waals surface area contributed by atoms with Gasteiger partial charge in [0.1, 0.15) is 0 Å². The minimum Gasteiger partial charge on any atom is -0.399 e. The fraction of sp³-hybridized carbons (Fsp3) is 0.143. The number of aryl methyl sites for hydroxylation is 1. The van der Waals surface area contributed by atoms with Gasteiger partial charge in [0.05, 0.1) is 21.5 Å². The first-order chi connectivity index (χ1) is 9.88. The average molecular weight is 325 g/mol. The van der Waals surface area contributed by atoms with Crippen molar-refractivity contribution in [2.24, 2.45) is 0 Å². The van der Waals surface area contributed by atoms with Crippen molar-refractivity contribution in [1.29, 1.82) is 0 Å². The van der Waals surface area contributed by atoms with Crippen molar-refractivity contribution in [3.05, 3.63) is 62.7 Å². The highest BCUT2D eigenvalue weighted by molar-refractivity contribution is 7.84. The molecule has 0 aliphatic carbocycles. The first-order valence-electron chi connectivity index (χ1n) is 6.06. The molecule has 0 heterocycles. The molecule has 0 aliphatic heterocycles. The van der Waals surface area contributed by atoms with Gasteiger partial charge < -0.3 is 5.73 Å². The Bertz CT molecular complexity index is 734. The second-order valence-corrected chi connectivity index (χ2v) is 6.40. The van der Waals surface area contributed by atoms with Gasteiger partial charge in [-0.15, -0.1) is 0 Å². The van der Waals surface area contributed by atoms with Gasteiger partial charge in [-0.25, -0.2) is 0 Å². The summed E-state index contributed by atoms with van der Waals surface area (Å²) in [5, 5.41) is 11.3. The quantitative estimate of drug-likeness (QED) is 0.530. The highest BCUT2D eigenvalue weighted by atomic mass is 35.5. The summed E-state index contributed by atoms with van der Waals surface area (Å²) in [6.07, 6.45) is 0. The van der Waals surface area contributed by atoms with E-state index in [4.69, 9.17) is 17.3 Å². The van der Waals surface area contributed by atoms with Gasteiger partial charge in [-0.05, 0) is 36.8 Å². The van der Waals surface area contributed by atoms with Crippen molar-refractivity contribution < 1.29 is 9.13 Å². The molecule has 7 heteroatoms. The monoisotopic (exact) mass is 324 g/mol. The van der Waals surface area contributed by atoms with Crippen molar-refractivity contribution in [1.82, 2.24) is 0 Å². The first kappa shape index (κ1) is 15.5. The Hall–Kier alpha value is -1.92. The van der Waals surface area contributed by atoms with Crippen LogP contribution in [0.1, 0.15) is 11.1 Å². The van der Waals surface area contributed by atoms with Crippen molar-refractivity contribution in [2.45, 2.75) is 17.6 Å². The number of nitrogens with zero attached hydrogens (tertiary/aromatic N) is 1. The number of nitrogen functional groups attached to an aromatic ring is 1. The van der Waals surface area contributed by atoms with E-state index < -0.39 is 15.7 Å². The number of rotatable bonds is 4. The predicted octanol–water partition coefficient (Wildman–Crippen LogP) is 3.45. The summed E-state index contributed by atoms with van der Waals surface area (Å²) in [6, 6.07) is 9.47. The van der Waals surface area contributed by atoms with Gasteiger partial charge in [-0.2, -0.15) is 0 Å². The van der Waals surface area contributed by atoms with Crippen molar-refractivity contribution in [3.63, 3.8) is 0 Å². The minimum absolute atomic E-state index is 0.0395. The molecule has 0 aromatic heterocycles. The molecule has 0 aliphatic rings. The van der Waals surface area contributed by atoms with Crippen LogP contribution in [0.25, 0.3) is 0 Å². The Balaban J connectivity index is 2.36. The third-order valence-corrected chi connectivity index (χ3v) is 4.73. The molecule has 0 bridgehead atoms. The Kier molecular flexibility index (Phi) is 4.59. The minimum atomic E-state index is -1.42. The van der Waals surface area contributed by atoms with Crippen LogP contribution in [0, 0.1) is 17.0 Å². The van der Waals surface area contributed by atoms with Gasteiger partial charge >= 0.3 is 0 Å². The third-order valence-electron chi connectivity index (χ3n) is 2.99. The zero-order valence-electron chi connectivity index (χ0n) is 11.2. The summed E-state index contributed by atoms with van der Waals surface area (Å²) in [7, 11) is -1.42. The van der Waals surface area contributed by atoms with Crippen molar-refractivity contribution in [3.8, 4) is 0 Å². The number of nitrogens with two attached hydrogens (primary N) is 1. The average Bonchev–Trinajstić information content (AvgIpc) is 2.43. The Labute approximate surface area is 129 Å². The maximum Gasteiger partial charge on any atom is 0.275 e. The molecule has 0 amide bonds. The van der Waals surface area contributed by atoms with Crippen LogP contribution in [0.4, 0.5) is 11.4 Å². The van der Waals surface area contributed by atoms with Crippen LogP contribution in [0.5, 0.6) is 0 Å². The molecule has 0 saturated heterocycles. The van der Waals surface area contributed by atoms with Gasteiger partial charge in [0, 0.05) is 27.2 Å². The molecule has 2 aromatic rings. The number of nitro benzene ring substituents is 1. The molecule has 2 rings (SSSR count). The normalized spacial score (nSPS) is 12.1. The molecule has 0 radical (unpaired) electrons. The molecule has 0 spiro atoms. The molecule has 110 valence electrons. The number of nitro groups is 1. The van der Waals surface area contributed by atoms with Crippen LogP contribution in [0.3, 0.4) is 0 Å². The zero-order valence-corrected chi connectivity index (χ0v) is 12.8. The predicted molar refractivity (Wildman–Crippen MR) is 83.8 cm³/mol. The lowest BCUT2D eigenvalue weighted by Crippen LogP contribution is -2.03. The summed E-state index contributed by atoms with van der Waals surface area (Å²) < 4.78 is 12.4. The fourth-order valence-corrected chi connectivity index (χ4v) is 3.45. The number of halogens is 1. The molecule has 2 aromatic carbocycles.